The van der Waals surface area contributed by atoms with E-state index in [0.717, 1.165) is 5.56 Å². The van der Waals surface area contributed by atoms with Gasteiger partial charge < -0.3 is 20.1 Å². The van der Waals surface area contributed by atoms with Crippen LogP contribution in [-0.4, -0.2) is 30.1 Å². The fourth-order valence-electron chi connectivity index (χ4n) is 2.44. The smallest absolute Gasteiger partial charge is 0.258 e. The van der Waals surface area contributed by atoms with Gasteiger partial charge >= 0.3 is 0 Å². The lowest BCUT2D eigenvalue weighted by Gasteiger charge is -2.10. The lowest BCUT2D eigenvalue weighted by Crippen LogP contribution is -2.13. The van der Waals surface area contributed by atoms with Crippen LogP contribution in [-0.2, 0) is 6.54 Å². The first-order valence-corrected chi connectivity index (χ1v) is 8.43. The summed E-state index contributed by atoms with van der Waals surface area (Å²) in [6.07, 6.45) is 2.84. The average Bonchev–Trinajstić information content (AvgIpc) is 2.74. The molecule has 0 spiro atoms. The lowest BCUT2D eigenvalue weighted by molar-refractivity contribution is 0.102. The maximum atomic E-state index is 12.9. The summed E-state index contributed by atoms with van der Waals surface area (Å²) in [5, 5.41) is 5.73. The molecular formula is C20H19FN4O3. The lowest BCUT2D eigenvalue weighted by atomic mass is 10.2. The third-order valence-electron chi connectivity index (χ3n) is 3.91. The summed E-state index contributed by atoms with van der Waals surface area (Å²) in [7, 11) is 3.16. The minimum absolute atomic E-state index is 0.293. The van der Waals surface area contributed by atoms with Crippen molar-refractivity contribution >= 4 is 17.5 Å². The van der Waals surface area contributed by atoms with Crippen LogP contribution in [0.1, 0.15) is 15.9 Å². The molecule has 1 amide bonds. The Hall–Kier alpha value is -3.68. The largest absolute Gasteiger partial charge is 0.493 e. The molecule has 0 aliphatic carbocycles. The van der Waals surface area contributed by atoms with Gasteiger partial charge in [-0.15, -0.1) is 0 Å². The number of ether oxygens (including phenoxy) is 2. The van der Waals surface area contributed by atoms with Gasteiger partial charge in [-0.2, -0.15) is 0 Å². The molecule has 2 N–H and O–H groups in total. The second-order valence-corrected chi connectivity index (χ2v) is 5.80. The van der Waals surface area contributed by atoms with Crippen LogP contribution in [0.3, 0.4) is 0 Å². The van der Waals surface area contributed by atoms with E-state index in [1.807, 2.05) is 18.2 Å². The molecule has 28 heavy (non-hydrogen) atoms. The Bertz CT molecular complexity index is 947. The third-order valence-corrected chi connectivity index (χ3v) is 3.91. The van der Waals surface area contributed by atoms with E-state index in [0.29, 0.717) is 35.2 Å². The standard InChI is InChI=1S/C20H19FN4O3/c1-27-17-8-3-13(9-18(17)28-2)10-22-20-23-11-14(12-24-20)19(26)25-16-6-4-15(21)5-7-16/h3-9,11-12H,10H2,1-2H3,(H,25,26)(H,22,23,24). The van der Waals surface area contributed by atoms with Crippen LogP contribution < -0.4 is 20.1 Å². The molecule has 2 aromatic carbocycles. The maximum Gasteiger partial charge on any atom is 0.258 e. The number of amides is 1. The summed E-state index contributed by atoms with van der Waals surface area (Å²) in [5.41, 5.74) is 1.74. The zero-order valence-electron chi connectivity index (χ0n) is 15.4. The van der Waals surface area contributed by atoms with Gasteiger partial charge in [0.2, 0.25) is 5.95 Å². The zero-order valence-corrected chi connectivity index (χ0v) is 15.4. The second-order valence-electron chi connectivity index (χ2n) is 5.80. The fraction of sp³-hybridized carbons (Fsp3) is 0.150. The third kappa shape index (κ3) is 4.73. The number of nitrogens with one attached hydrogen (secondary N) is 2. The van der Waals surface area contributed by atoms with Crippen molar-refractivity contribution in [3.63, 3.8) is 0 Å². The minimum Gasteiger partial charge on any atom is -0.493 e. The highest BCUT2D eigenvalue weighted by atomic mass is 19.1. The van der Waals surface area contributed by atoms with Gasteiger partial charge in [0.25, 0.3) is 5.91 Å². The first kappa shape index (κ1) is 19.1. The number of carbonyl (C=O) groups is 1. The van der Waals surface area contributed by atoms with Crippen LogP contribution >= 0.6 is 0 Å². The number of anilines is 2. The quantitative estimate of drug-likeness (QED) is 0.651. The molecule has 1 heterocycles. The number of benzene rings is 2. The summed E-state index contributed by atoms with van der Waals surface area (Å²) >= 11 is 0. The molecule has 0 aliphatic rings. The van der Waals surface area contributed by atoms with Crippen molar-refractivity contribution in [2.24, 2.45) is 0 Å². The number of rotatable bonds is 7. The van der Waals surface area contributed by atoms with Crippen molar-refractivity contribution < 1.29 is 18.7 Å². The number of hydrogen-bond acceptors (Lipinski definition) is 6. The van der Waals surface area contributed by atoms with E-state index in [1.54, 1.807) is 14.2 Å². The molecule has 0 atom stereocenters. The topological polar surface area (TPSA) is 85.4 Å². The molecule has 0 saturated carbocycles. The van der Waals surface area contributed by atoms with Crippen molar-refractivity contribution in [3.05, 3.63) is 71.8 Å². The average molecular weight is 382 g/mol. The number of aromatic nitrogens is 2. The SMILES string of the molecule is COc1ccc(CNc2ncc(C(=O)Nc3ccc(F)cc3)cn2)cc1OC. The van der Waals surface area contributed by atoms with E-state index >= 15 is 0 Å². The summed E-state index contributed by atoms with van der Waals surface area (Å²) in [4.78, 5) is 20.5. The predicted molar refractivity (Wildman–Crippen MR) is 103 cm³/mol. The molecule has 7 nitrogen and oxygen atoms in total. The van der Waals surface area contributed by atoms with E-state index in [4.69, 9.17) is 9.47 Å². The monoisotopic (exact) mass is 382 g/mol. The molecule has 0 bridgehead atoms. The van der Waals surface area contributed by atoms with Crippen LogP contribution in [0.5, 0.6) is 11.5 Å². The van der Waals surface area contributed by atoms with Crippen LogP contribution in [0.2, 0.25) is 0 Å². The predicted octanol–water partition coefficient (Wildman–Crippen LogP) is 3.50. The summed E-state index contributed by atoms with van der Waals surface area (Å²) in [5.74, 6) is 0.923. The molecule has 3 rings (SSSR count). The van der Waals surface area contributed by atoms with Gasteiger partial charge in [-0.1, -0.05) is 6.07 Å². The number of methoxy groups -OCH3 is 2. The first-order chi connectivity index (χ1) is 13.6. The van der Waals surface area contributed by atoms with Crippen LogP contribution in [0.4, 0.5) is 16.0 Å². The summed E-state index contributed by atoms with van der Waals surface area (Å²) in [6, 6.07) is 11.1. The Labute approximate surface area is 161 Å². The number of nitrogens with zero attached hydrogens (tertiary/aromatic N) is 2. The Morgan fingerprint density at radius 2 is 1.68 bits per heavy atom. The molecule has 0 radical (unpaired) electrons. The molecule has 144 valence electrons. The molecule has 3 aromatic rings. The van der Waals surface area contributed by atoms with Crippen molar-refractivity contribution in [2.45, 2.75) is 6.54 Å². The molecule has 0 aliphatic heterocycles. The fourth-order valence-corrected chi connectivity index (χ4v) is 2.44. The van der Waals surface area contributed by atoms with E-state index < -0.39 is 0 Å². The van der Waals surface area contributed by atoms with Gasteiger partial charge in [-0.3, -0.25) is 4.79 Å². The zero-order chi connectivity index (χ0) is 19.9. The van der Waals surface area contributed by atoms with Crippen molar-refractivity contribution in [1.82, 2.24) is 9.97 Å². The molecule has 0 saturated heterocycles. The number of halogens is 1. The van der Waals surface area contributed by atoms with Gasteiger partial charge in [-0.05, 0) is 42.0 Å². The molecular weight excluding hydrogens is 363 g/mol. The first-order valence-electron chi connectivity index (χ1n) is 8.43. The molecule has 0 unspecified atom stereocenters. The van der Waals surface area contributed by atoms with Gasteiger partial charge in [0.15, 0.2) is 11.5 Å². The van der Waals surface area contributed by atoms with Crippen LogP contribution in [0.25, 0.3) is 0 Å². The van der Waals surface area contributed by atoms with E-state index in [2.05, 4.69) is 20.6 Å². The Morgan fingerprint density at radius 1 is 1.00 bits per heavy atom. The summed E-state index contributed by atoms with van der Waals surface area (Å²) < 4.78 is 23.4. The highest BCUT2D eigenvalue weighted by molar-refractivity contribution is 6.03. The van der Waals surface area contributed by atoms with Crippen molar-refractivity contribution in [2.75, 3.05) is 24.9 Å². The molecule has 0 fully saturated rings. The van der Waals surface area contributed by atoms with E-state index in [1.165, 1.54) is 36.7 Å². The highest BCUT2D eigenvalue weighted by Crippen LogP contribution is 2.27. The second kappa shape index (κ2) is 8.81. The van der Waals surface area contributed by atoms with Crippen molar-refractivity contribution in [1.29, 1.82) is 0 Å². The maximum absolute atomic E-state index is 12.9. The Kier molecular flexibility index (Phi) is 6.01. The normalized spacial score (nSPS) is 10.2. The highest BCUT2D eigenvalue weighted by Gasteiger charge is 2.09. The Balaban J connectivity index is 1.59. The Morgan fingerprint density at radius 3 is 2.32 bits per heavy atom. The van der Waals surface area contributed by atoms with E-state index in [9.17, 15) is 9.18 Å². The van der Waals surface area contributed by atoms with Crippen LogP contribution in [0.15, 0.2) is 54.9 Å². The molecule has 8 heteroatoms. The van der Waals surface area contributed by atoms with Gasteiger partial charge in [0.1, 0.15) is 5.82 Å². The molecule has 1 aromatic heterocycles. The van der Waals surface area contributed by atoms with Crippen molar-refractivity contribution in [3.8, 4) is 11.5 Å². The summed E-state index contributed by atoms with van der Waals surface area (Å²) in [6.45, 7) is 0.474. The van der Waals surface area contributed by atoms with Crippen LogP contribution in [0, 0.1) is 5.82 Å². The van der Waals surface area contributed by atoms with Gasteiger partial charge in [0.05, 0.1) is 19.8 Å². The van der Waals surface area contributed by atoms with Gasteiger partial charge in [-0.25, -0.2) is 14.4 Å². The van der Waals surface area contributed by atoms with Gasteiger partial charge in [0, 0.05) is 24.6 Å². The number of hydrogen-bond donors (Lipinski definition) is 2. The minimum atomic E-state index is -0.377. The van der Waals surface area contributed by atoms with E-state index in [-0.39, 0.29) is 11.7 Å². The number of carbonyl (C=O) groups excluding carboxylic acids is 1.